The van der Waals surface area contributed by atoms with Gasteiger partial charge in [0.15, 0.2) is 0 Å². The van der Waals surface area contributed by atoms with Crippen molar-refractivity contribution in [3.05, 3.63) is 35.9 Å². The summed E-state index contributed by atoms with van der Waals surface area (Å²) in [4.78, 5) is 13.7. The highest BCUT2D eigenvalue weighted by Gasteiger charge is 2.27. The van der Waals surface area contributed by atoms with E-state index >= 15 is 0 Å². The minimum atomic E-state index is -0.452. The normalized spacial score (nSPS) is 17.9. The van der Waals surface area contributed by atoms with Crippen molar-refractivity contribution in [3.8, 4) is 0 Å². The third kappa shape index (κ3) is 4.43. The number of aldehydes is 1. The first kappa shape index (κ1) is 15.2. The second kappa shape index (κ2) is 7.00. The number of carbonyl (C=O) groups is 1. The molecule has 0 aliphatic heterocycles. The van der Waals surface area contributed by atoms with E-state index in [1.165, 1.54) is 12.8 Å². The molecule has 1 aromatic rings. The minimum Gasteiger partial charge on any atom is -0.380 e. The fourth-order valence-electron chi connectivity index (χ4n) is 2.41. The largest absolute Gasteiger partial charge is 0.380 e. The highest BCUT2D eigenvalue weighted by Crippen LogP contribution is 2.28. The van der Waals surface area contributed by atoms with Crippen LogP contribution in [-0.2, 0) is 14.9 Å². The van der Waals surface area contributed by atoms with E-state index in [2.05, 4.69) is 4.90 Å². The molecule has 2 rings (SSSR count). The first-order chi connectivity index (χ1) is 9.64. The molecule has 1 aromatic carbocycles. The van der Waals surface area contributed by atoms with Crippen LogP contribution in [0.3, 0.4) is 0 Å². The maximum atomic E-state index is 11.5. The molecule has 20 heavy (non-hydrogen) atoms. The first-order valence-corrected chi connectivity index (χ1v) is 7.42. The molecule has 0 aromatic heterocycles. The van der Waals surface area contributed by atoms with Crippen molar-refractivity contribution in [2.75, 3.05) is 33.4 Å². The van der Waals surface area contributed by atoms with Crippen LogP contribution in [0.2, 0.25) is 0 Å². The number of carbonyl (C=O) groups excluding carboxylic acids is 1. The zero-order valence-corrected chi connectivity index (χ0v) is 12.5. The molecule has 0 bridgehead atoms. The van der Waals surface area contributed by atoms with Gasteiger partial charge in [-0.25, -0.2) is 0 Å². The molecule has 1 fully saturated rings. The Labute approximate surface area is 121 Å². The summed E-state index contributed by atoms with van der Waals surface area (Å²) in [6.07, 6.45) is 3.71. The highest BCUT2D eigenvalue weighted by molar-refractivity contribution is 5.68. The van der Waals surface area contributed by atoms with Gasteiger partial charge in [-0.05, 0) is 38.3 Å². The van der Waals surface area contributed by atoms with E-state index in [0.717, 1.165) is 37.5 Å². The summed E-state index contributed by atoms with van der Waals surface area (Å²) in [5.41, 5.74) is 0.618. The van der Waals surface area contributed by atoms with Crippen molar-refractivity contribution >= 4 is 6.29 Å². The number of nitrogens with zero attached hydrogens (tertiary/aromatic N) is 1. The van der Waals surface area contributed by atoms with Crippen molar-refractivity contribution in [3.63, 3.8) is 0 Å². The van der Waals surface area contributed by atoms with Gasteiger partial charge < -0.3 is 14.4 Å². The molecule has 0 amide bonds. The lowest BCUT2D eigenvalue weighted by atomic mass is 9.83. The number of benzene rings is 1. The van der Waals surface area contributed by atoms with Crippen molar-refractivity contribution in [1.82, 2.24) is 4.90 Å². The zero-order valence-electron chi connectivity index (χ0n) is 12.5. The molecule has 1 saturated carbocycles. The molecule has 1 aliphatic carbocycles. The second-order valence-electron chi connectivity index (χ2n) is 6.16. The Balaban J connectivity index is 1.80. The van der Waals surface area contributed by atoms with Gasteiger partial charge in [-0.15, -0.1) is 0 Å². The van der Waals surface area contributed by atoms with Crippen molar-refractivity contribution in [2.45, 2.75) is 25.2 Å². The van der Waals surface area contributed by atoms with Gasteiger partial charge in [-0.3, -0.25) is 0 Å². The molecule has 0 saturated heterocycles. The molecule has 0 radical (unpaired) electrons. The Bertz CT molecular complexity index is 416. The topological polar surface area (TPSA) is 29.5 Å². The van der Waals surface area contributed by atoms with Crippen LogP contribution in [0.4, 0.5) is 0 Å². The third-order valence-electron chi connectivity index (χ3n) is 3.96. The summed E-state index contributed by atoms with van der Waals surface area (Å²) >= 11 is 0. The maximum Gasteiger partial charge on any atom is 0.131 e. The molecular formula is C17H25NO2. The van der Waals surface area contributed by atoms with E-state index in [1.54, 1.807) is 0 Å². The van der Waals surface area contributed by atoms with Crippen LogP contribution in [0.5, 0.6) is 0 Å². The van der Waals surface area contributed by atoms with E-state index in [4.69, 9.17) is 4.74 Å². The molecule has 0 heterocycles. The van der Waals surface area contributed by atoms with Gasteiger partial charge in [0.05, 0.1) is 12.0 Å². The van der Waals surface area contributed by atoms with E-state index in [1.807, 2.05) is 44.3 Å². The average molecular weight is 275 g/mol. The van der Waals surface area contributed by atoms with Crippen LogP contribution >= 0.6 is 0 Å². The standard InChI is InChI=1S/C17H25NO2/c1-17(14-19,16-6-4-3-5-7-16)13-18(2)10-11-20-12-15-8-9-15/h3-7,14-15H,8-13H2,1-2H3. The summed E-state index contributed by atoms with van der Waals surface area (Å²) in [7, 11) is 2.05. The predicted octanol–water partition coefficient (Wildman–Crippen LogP) is 2.50. The van der Waals surface area contributed by atoms with Crippen LogP contribution in [0, 0.1) is 5.92 Å². The number of hydrogen-bond donors (Lipinski definition) is 0. The summed E-state index contributed by atoms with van der Waals surface area (Å²) < 4.78 is 5.65. The Hall–Kier alpha value is -1.19. The molecule has 3 heteroatoms. The predicted molar refractivity (Wildman–Crippen MR) is 80.9 cm³/mol. The monoisotopic (exact) mass is 275 g/mol. The lowest BCUT2D eigenvalue weighted by molar-refractivity contribution is -0.112. The summed E-state index contributed by atoms with van der Waals surface area (Å²) in [6.45, 7) is 5.22. The maximum absolute atomic E-state index is 11.5. The van der Waals surface area contributed by atoms with Gasteiger partial charge >= 0.3 is 0 Å². The first-order valence-electron chi connectivity index (χ1n) is 7.42. The smallest absolute Gasteiger partial charge is 0.131 e. The van der Waals surface area contributed by atoms with E-state index in [-0.39, 0.29) is 0 Å². The summed E-state index contributed by atoms with van der Waals surface area (Å²) in [5.74, 6) is 0.810. The number of ether oxygens (including phenoxy) is 1. The lowest BCUT2D eigenvalue weighted by Gasteiger charge is -2.29. The number of rotatable bonds is 9. The summed E-state index contributed by atoms with van der Waals surface area (Å²) in [6, 6.07) is 9.98. The van der Waals surface area contributed by atoms with Gasteiger partial charge in [0.2, 0.25) is 0 Å². The average Bonchev–Trinajstić information content (AvgIpc) is 3.28. The van der Waals surface area contributed by atoms with Crippen LogP contribution in [0.1, 0.15) is 25.3 Å². The van der Waals surface area contributed by atoms with Crippen LogP contribution in [0.25, 0.3) is 0 Å². The van der Waals surface area contributed by atoms with Gasteiger partial charge in [0.1, 0.15) is 6.29 Å². The number of likely N-dealkylation sites (N-methyl/N-ethyl adjacent to an activating group) is 1. The van der Waals surface area contributed by atoms with Gasteiger partial charge in [0.25, 0.3) is 0 Å². The van der Waals surface area contributed by atoms with Gasteiger partial charge in [-0.1, -0.05) is 30.3 Å². The van der Waals surface area contributed by atoms with Crippen LogP contribution in [-0.4, -0.2) is 44.5 Å². The van der Waals surface area contributed by atoms with Crippen molar-refractivity contribution in [2.24, 2.45) is 5.92 Å². The fourth-order valence-corrected chi connectivity index (χ4v) is 2.41. The Morgan fingerprint density at radius 2 is 2.05 bits per heavy atom. The lowest BCUT2D eigenvalue weighted by Crippen LogP contribution is -2.39. The molecule has 1 aliphatic rings. The zero-order chi connectivity index (χ0) is 14.4. The Morgan fingerprint density at radius 1 is 1.35 bits per heavy atom. The van der Waals surface area contributed by atoms with Crippen LogP contribution in [0.15, 0.2) is 30.3 Å². The van der Waals surface area contributed by atoms with E-state index < -0.39 is 5.41 Å². The van der Waals surface area contributed by atoms with Crippen molar-refractivity contribution in [1.29, 1.82) is 0 Å². The summed E-state index contributed by atoms with van der Waals surface area (Å²) in [5, 5.41) is 0. The molecule has 0 spiro atoms. The molecular weight excluding hydrogens is 250 g/mol. The molecule has 1 unspecified atom stereocenters. The Morgan fingerprint density at radius 3 is 2.65 bits per heavy atom. The fraction of sp³-hybridized carbons (Fsp3) is 0.588. The van der Waals surface area contributed by atoms with Gasteiger partial charge in [0, 0.05) is 19.7 Å². The third-order valence-corrected chi connectivity index (χ3v) is 3.96. The molecule has 0 N–H and O–H groups in total. The molecule has 110 valence electrons. The van der Waals surface area contributed by atoms with E-state index in [0.29, 0.717) is 6.54 Å². The Kier molecular flexibility index (Phi) is 5.32. The molecule has 1 atom stereocenters. The second-order valence-corrected chi connectivity index (χ2v) is 6.16. The van der Waals surface area contributed by atoms with Crippen molar-refractivity contribution < 1.29 is 9.53 Å². The molecule has 3 nitrogen and oxygen atoms in total. The number of hydrogen-bond acceptors (Lipinski definition) is 3. The van der Waals surface area contributed by atoms with Crippen LogP contribution < -0.4 is 0 Å². The SMILES string of the molecule is CN(CCOCC1CC1)CC(C)(C=O)c1ccccc1. The minimum absolute atomic E-state index is 0.452. The quantitative estimate of drug-likeness (QED) is 0.512. The highest BCUT2D eigenvalue weighted by atomic mass is 16.5. The van der Waals surface area contributed by atoms with Gasteiger partial charge in [-0.2, -0.15) is 0 Å². The van der Waals surface area contributed by atoms with E-state index in [9.17, 15) is 4.79 Å².